The number of aromatic nitrogens is 3. The lowest BCUT2D eigenvalue weighted by atomic mass is 10.4. The van der Waals surface area contributed by atoms with Crippen LogP contribution in [0.3, 0.4) is 0 Å². The zero-order valence-electron chi connectivity index (χ0n) is 12.3. The van der Waals surface area contributed by atoms with Crippen LogP contribution < -0.4 is 15.1 Å². The molecule has 0 spiro atoms. The summed E-state index contributed by atoms with van der Waals surface area (Å²) in [5.74, 6) is 2.18. The number of anilines is 3. The Labute approximate surface area is 115 Å². The van der Waals surface area contributed by atoms with Gasteiger partial charge in [0.25, 0.3) is 0 Å². The van der Waals surface area contributed by atoms with Crippen LogP contribution in [-0.2, 0) is 0 Å². The second kappa shape index (κ2) is 6.04. The third-order valence-corrected chi connectivity index (χ3v) is 3.06. The minimum Gasteiger partial charge on any atom is -0.354 e. The number of nitrogens with one attached hydrogen (secondary N) is 1. The average Bonchev–Trinajstić information content (AvgIpc) is 3.20. The Bertz CT molecular complexity index is 416. The molecule has 6 heteroatoms. The van der Waals surface area contributed by atoms with E-state index in [9.17, 15) is 0 Å². The molecular weight excluding hydrogens is 240 g/mol. The van der Waals surface area contributed by atoms with Gasteiger partial charge >= 0.3 is 0 Å². The summed E-state index contributed by atoms with van der Waals surface area (Å²) in [6.45, 7) is 6.05. The summed E-state index contributed by atoms with van der Waals surface area (Å²) in [7, 11) is 3.91. The van der Waals surface area contributed by atoms with Gasteiger partial charge in [0.2, 0.25) is 17.8 Å². The molecule has 1 aliphatic rings. The predicted octanol–water partition coefficient (Wildman–Crippen LogP) is 1.75. The van der Waals surface area contributed by atoms with Crippen molar-refractivity contribution < 1.29 is 0 Å². The highest BCUT2D eigenvalue weighted by atomic mass is 15.4. The lowest BCUT2D eigenvalue weighted by Crippen LogP contribution is -2.29. The molecule has 6 nitrogen and oxygen atoms in total. The molecule has 106 valence electrons. The Morgan fingerprint density at radius 2 is 1.79 bits per heavy atom. The summed E-state index contributed by atoms with van der Waals surface area (Å²) in [6, 6.07) is 0.617. The molecule has 19 heavy (non-hydrogen) atoms. The molecule has 0 radical (unpaired) electrons. The van der Waals surface area contributed by atoms with Crippen molar-refractivity contribution in [3.63, 3.8) is 0 Å². The molecule has 0 aliphatic heterocycles. The third kappa shape index (κ3) is 3.45. The molecule has 1 aromatic heterocycles. The monoisotopic (exact) mass is 264 g/mol. The molecule has 1 saturated carbocycles. The third-order valence-electron chi connectivity index (χ3n) is 3.06. The van der Waals surface area contributed by atoms with Crippen molar-refractivity contribution in [1.29, 1.82) is 0 Å². The summed E-state index contributed by atoms with van der Waals surface area (Å²) in [4.78, 5) is 17.8. The van der Waals surface area contributed by atoms with E-state index >= 15 is 0 Å². The fourth-order valence-electron chi connectivity index (χ4n) is 1.99. The molecule has 0 unspecified atom stereocenters. The van der Waals surface area contributed by atoms with E-state index in [-0.39, 0.29) is 0 Å². The zero-order chi connectivity index (χ0) is 13.8. The molecule has 0 bridgehead atoms. The molecular formula is C13H24N6. The first-order valence-corrected chi connectivity index (χ1v) is 7.09. The largest absolute Gasteiger partial charge is 0.354 e. The SMILES string of the molecule is CCCN(c1nc(NCC)nc(N(C)C)n1)C1CC1. The lowest BCUT2D eigenvalue weighted by Gasteiger charge is -2.23. The highest BCUT2D eigenvalue weighted by molar-refractivity contribution is 5.45. The van der Waals surface area contributed by atoms with Crippen molar-refractivity contribution >= 4 is 17.8 Å². The second-order valence-corrected chi connectivity index (χ2v) is 5.11. The van der Waals surface area contributed by atoms with E-state index in [1.54, 1.807) is 0 Å². The lowest BCUT2D eigenvalue weighted by molar-refractivity contribution is 0.729. The summed E-state index contributed by atoms with van der Waals surface area (Å²) in [5, 5.41) is 3.18. The molecule has 1 fully saturated rings. The number of hydrogen-bond acceptors (Lipinski definition) is 6. The van der Waals surface area contributed by atoms with E-state index in [4.69, 9.17) is 0 Å². The van der Waals surface area contributed by atoms with Gasteiger partial charge in [-0.25, -0.2) is 0 Å². The minimum atomic E-state index is 0.617. The van der Waals surface area contributed by atoms with Crippen LogP contribution in [0.2, 0.25) is 0 Å². The molecule has 0 amide bonds. The van der Waals surface area contributed by atoms with E-state index < -0.39 is 0 Å². The summed E-state index contributed by atoms with van der Waals surface area (Å²) >= 11 is 0. The van der Waals surface area contributed by atoms with E-state index in [0.717, 1.165) is 25.5 Å². The maximum absolute atomic E-state index is 4.58. The van der Waals surface area contributed by atoms with Crippen LogP contribution >= 0.6 is 0 Å². The average molecular weight is 264 g/mol. The Morgan fingerprint density at radius 3 is 2.32 bits per heavy atom. The van der Waals surface area contributed by atoms with Crippen LogP contribution in [0, 0.1) is 0 Å². The first-order valence-electron chi connectivity index (χ1n) is 7.09. The van der Waals surface area contributed by atoms with Gasteiger partial charge in [-0.1, -0.05) is 6.92 Å². The topological polar surface area (TPSA) is 57.2 Å². The molecule has 2 rings (SSSR count). The van der Waals surface area contributed by atoms with Crippen LogP contribution in [0.4, 0.5) is 17.8 Å². The molecule has 0 aromatic carbocycles. The molecule has 0 atom stereocenters. The zero-order valence-corrected chi connectivity index (χ0v) is 12.3. The Morgan fingerprint density at radius 1 is 1.11 bits per heavy atom. The first kappa shape index (κ1) is 13.8. The van der Waals surface area contributed by atoms with Crippen molar-refractivity contribution in [2.24, 2.45) is 0 Å². The van der Waals surface area contributed by atoms with Crippen LogP contribution in [0.15, 0.2) is 0 Å². The van der Waals surface area contributed by atoms with Crippen molar-refractivity contribution in [1.82, 2.24) is 15.0 Å². The van der Waals surface area contributed by atoms with E-state index in [0.29, 0.717) is 17.9 Å². The van der Waals surface area contributed by atoms with Gasteiger partial charge in [-0.15, -0.1) is 0 Å². The molecule has 1 aliphatic carbocycles. The van der Waals surface area contributed by atoms with E-state index in [1.807, 2.05) is 25.9 Å². The number of rotatable bonds is 7. The second-order valence-electron chi connectivity index (χ2n) is 5.11. The summed E-state index contributed by atoms with van der Waals surface area (Å²) in [5.41, 5.74) is 0. The molecule has 1 heterocycles. The fraction of sp³-hybridized carbons (Fsp3) is 0.769. The predicted molar refractivity (Wildman–Crippen MR) is 79.0 cm³/mol. The van der Waals surface area contributed by atoms with Crippen molar-refractivity contribution in [3.05, 3.63) is 0 Å². The quantitative estimate of drug-likeness (QED) is 0.809. The Kier molecular flexibility index (Phi) is 4.39. The molecule has 0 saturated heterocycles. The van der Waals surface area contributed by atoms with Gasteiger partial charge in [-0.2, -0.15) is 15.0 Å². The van der Waals surface area contributed by atoms with Gasteiger partial charge in [0.1, 0.15) is 0 Å². The van der Waals surface area contributed by atoms with Gasteiger partial charge < -0.3 is 15.1 Å². The van der Waals surface area contributed by atoms with Crippen molar-refractivity contribution in [2.75, 3.05) is 42.3 Å². The summed E-state index contributed by atoms with van der Waals surface area (Å²) in [6.07, 6.45) is 3.61. The fourth-order valence-corrected chi connectivity index (χ4v) is 1.99. The Balaban J connectivity index is 2.30. The van der Waals surface area contributed by atoms with Gasteiger partial charge in [0.05, 0.1) is 0 Å². The van der Waals surface area contributed by atoms with Gasteiger partial charge in [-0.05, 0) is 26.2 Å². The van der Waals surface area contributed by atoms with Crippen LogP contribution in [0.1, 0.15) is 33.1 Å². The number of nitrogens with zero attached hydrogens (tertiary/aromatic N) is 5. The highest BCUT2D eigenvalue weighted by Gasteiger charge is 2.31. The normalized spacial score (nSPS) is 14.3. The van der Waals surface area contributed by atoms with Gasteiger partial charge in [0.15, 0.2) is 0 Å². The van der Waals surface area contributed by atoms with Gasteiger partial charge in [0, 0.05) is 33.2 Å². The van der Waals surface area contributed by atoms with Crippen LogP contribution in [0.25, 0.3) is 0 Å². The minimum absolute atomic E-state index is 0.617. The summed E-state index contributed by atoms with van der Waals surface area (Å²) < 4.78 is 0. The maximum atomic E-state index is 4.58. The Hall–Kier alpha value is -1.59. The molecule has 1 aromatic rings. The van der Waals surface area contributed by atoms with Crippen LogP contribution in [0.5, 0.6) is 0 Å². The van der Waals surface area contributed by atoms with Crippen molar-refractivity contribution in [3.8, 4) is 0 Å². The van der Waals surface area contributed by atoms with Crippen LogP contribution in [-0.4, -0.2) is 48.2 Å². The maximum Gasteiger partial charge on any atom is 0.232 e. The number of hydrogen-bond donors (Lipinski definition) is 1. The molecule has 1 N–H and O–H groups in total. The van der Waals surface area contributed by atoms with E-state index in [1.165, 1.54) is 12.8 Å². The van der Waals surface area contributed by atoms with Crippen molar-refractivity contribution in [2.45, 2.75) is 39.2 Å². The highest BCUT2D eigenvalue weighted by Crippen LogP contribution is 2.30. The van der Waals surface area contributed by atoms with E-state index in [2.05, 4.69) is 32.1 Å². The standard InChI is InChI=1S/C13H24N6/c1-5-9-19(10-7-8-10)13-16-11(14-6-2)15-12(17-13)18(3)4/h10H,5-9H2,1-4H3,(H,14,15,16,17). The first-order chi connectivity index (χ1) is 9.15. The van der Waals surface area contributed by atoms with Gasteiger partial charge in [-0.3, -0.25) is 0 Å². The smallest absolute Gasteiger partial charge is 0.232 e.